The molecule has 5 heteroatoms. The predicted molar refractivity (Wildman–Crippen MR) is 92.7 cm³/mol. The SMILES string of the molecule is COc1ccc(C2=C(I)C(=O)N(C)C23C=CC(=O)C=C3)cc1. The Morgan fingerprint density at radius 1 is 1.09 bits per heavy atom. The molecule has 0 unspecified atom stereocenters. The van der Waals surface area contributed by atoms with Crippen LogP contribution in [-0.2, 0) is 9.59 Å². The van der Waals surface area contributed by atoms with Gasteiger partial charge >= 0.3 is 0 Å². The molecule has 1 aliphatic carbocycles. The Morgan fingerprint density at radius 2 is 1.68 bits per heavy atom. The van der Waals surface area contributed by atoms with Gasteiger partial charge in [0.1, 0.15) is 11.3 Å². The van der Waals surface area contributed by atoms with Gasteiger partial charge in [-0.05, 0) is 64.6 Å². The largest absolute Gasteiger partial charge is 0.497 e. The van der Waals surface area contributed by atoms with Crippen molar-refractivity contribution < 1.29 is 14.3 Å². The zero-order valence-corrected chi connectivity index (χ0v) is 14.3. The van der Waals surface area contributed by atoms with Crippen molar-refractivity contribution in [2.45, 2.75) is 5.54 Å². The second kappa shape index (κ2) is 5.39. The van der Waals surface area contributed by atoms with E-state index in [-0.39, 0.29) is 11.7 Å². The van der Waals surface area contributed by atoms with E-state index < -0.39 is 5.54 Å². The first-order chi connectivity index (χ1) is 10.5. The second-order valence-corrected chi connectivity index (χ2v) is 6.25. The Bertz CT molecular complexity index is 728. The van der Waals surface area contributed by atoms with Gasteiger partial charge in [0.15, 0.2) is 5.78 Å². The second-order valence-electron chi connectivity index (χ2n) is 5.18. The van der Waals surface area contributed by atoms with Gasteiger partial charge in [-0.3, -0.25) is 9.59 Å². The molecule has 0 saturated heterocycles. The number of amides is 1. The normalized spacial score (nSPS) is 19.5. The van der Waals surface area contributed by atoms with Crippen LogP contribution < -0.4 is 4.74 Å². The molecule has 1 heterocycles. The van der Waals surface area contributed by atoms with E-state index in [0.29, 0.717) is 3.58 Å². The van der Waals surface area contributed by atoms with E-state index in [4.69, 9.17) is 4.74 Å². The average molecular weight is 407 g/mol. The fraction of sp³-hybridized carbons (Fsp3) is 0.176. The Labute approximate surface area is 142 Å². The van der Waals surface area contributed by atoms with E-state index in [1.54, 1.807) is 31.2 Å². The Morgan fingerprint density at radius 3 is 2.23 bits per heavy atom. The molecule has 0 saturated carbocycles. The molecule has 0 fully saturated rings. The minimum Gasteiger partial charge on any atom is -0.497 e. The summed E-state index contributed by atoms with van der Waals surface area (Å²) in [7, 11) is 3.37. The average Bonchev–Trinajstić information content (AvgIpc) is 2.72. The number of rotatable bonds is 2. The number of carbonyl (C=O) groups is 2. The van der Waals surface area contributed by atoms with Crippen LogP contribution in [0.5, 0.6) is 5.75 Å². The maximum atomic E-state index is 12.5. The quantitative estimate of drug-likeness (QED) is 0.709. The van der Waals surface area contributed by atoms with Crippen LogP contribution in [0.4, 0.5) is 0 Å². The summed E-state index contributed by atoms with van der Waals surface area (Å²) in [5.41, 5.74) is 1.13. The molecule has 2 aliphatic rings. The molecule has 22 heavy (non-hydrogen) atoms. The summed E-state index contributed by atoms with van der Waals surface area (Å²) in [6.45, 7) is 0. The number of hydrogen-bond acceptors (Lipinski definition) is 3. The zero-order chi connectivity index (χ0) is 15.9. The van der Waals surface area contributed by atoms with Gasteiger partial charge in [-0.2, -0.15) is 0 Å². The number of benzene rings is 1. The molecular weight excluding hydrogens is 393 g/mol. The number of ketones is 1. The molecule has 4 nitrogen and oxygen atoms in total. The van der Waals surface area contributed by atoms with Gasteiger partial charge in [0.2, 0.25) is 0 Å². The number of methoxy groups -OCH3 is 1. The molecule has 0 bridgehead atoms. The van der Waals surface area contributed by atoms with Gasteiger partial charge in [0, 0.05) is 12.6 Å². The van der Waals surface area contributed by atoms with Crippen molar-refractivity contribution in [1.29, 1.82) is 0 Å². The highest BCUT2D eigenvalue weighted by Crippen LogP contribution is 2.46. The molecular formula is C17H14INO3. The third-order valence-corrected chi connectivity index (χ3v) is 5.05. The molecule has 0 N–H and O–H groups in total. The Balaban J connectivity index is 2.17. The van der Waals surface area contributed by atoms with Crippen molar-refractivity contribution in [3.05, 3.63) is 57.7 Å². The summed E-state index contributed by atoms with van der Waals surface area (Å²) in [6.07, 6.45) is 6.61. The Hall–Kier alpha value is -1.89. The molecule has 112 valence electrons. The van der Waals surface area contributed by atoms with Gasteiger partial charge in [-0.1, -0.05) is 12.1 Å². The van der Waals surface area contributed by atoms with Gasteiger partial charge in [-0.25, -0.2) is 0 Å². The van der Waals surface area contributed by atoms with E-state index in [1.807, 2.05) is 24.3 Å². The molecule has 1 aromatic rings. The van der Waals surface area contributed by atoms with Crippen molar-refractivity contribution in [2.75, 3.05) is 14.2 Å². The molecule has 1 aromatic carbocycles. The smallest absolute Gasteiger partial charge is 0.261 e. The monoisotopic (exact) mass is 407 g/mol. The predicted octanol–water partition coefficient (Wildman–Crippen LogP) is 2.75. The summed E-state index contributed by atoms with van der Waals surface area (Å²) in [5.74, 6) is 0.647. The Kier molecular flexibility index (Phi) is 3.68. The van der Waals surface area contributed by atoms with Crippen LogP contribution >= 0.6 is 22.6 Å². The summed E-state index contributed by atoms with van der Waals surface area (Å²) in [6, 6.07) is 7.59. The highest BCUT2D eigenvalue weighted by molar-refractivity contribution is 14.1. The standard InChI is InChI=1S/C17H14INO3/c1-19-16(21)15(18)14(11-3-5-13(22-2)6-4-11)17(19)9-7-12(20)8-10-17/h3-10H,1-2H3. The maximum Gasteiger partial charge on any atom is 0.261 e. The van der Waals surface area contributed by atoms with Crippen LogP contribution in [0.3, 0.4) is 0 Å². The molecule has 1 amide bonds. The number of carbonyl (C=O) groups excluding carboxylic acids is 2. The number of likely N-dealkylation sites (N-methyl/N-ethyl adjacent to an activating group) is 1. The summed E-state index contributed by atoms with van der Waals surface area (Å²) < 4.78 is 5.85. The first kappa shape index (κ1) is 15.0. The van der Waals surface area contributed by atoms with E-state index in [1.165, 1.54) is 12.2 Å². The van der Waals surface area contributed by atoms with Crippen molar-refractivity contribution in [2.24, 2.45) is 0 Å². The van der Waals surface area contributed by atoms with Crippen molar-refractivity contribution in [3.8, 4) is 5.75 Å². The van der Waals surface area contributed by atoms with Crippen LogP contribution in [0.15, 0.2) is 52.1 Å². The number of hydrogen-bond donors (Lipinski definition) is 0. The lowest BCUT2D eigenvalue weighted by Gasteiger charge is -2.34. The van der Waals surface area contributed by atoms with Crippen LogP contribution in [0.25, 0.3) is 5.57 Å². The molecule has 1 spiro atoms. The third-order valence-electron chi connectivity index (χ3n) is 4.05. The molecule has 0 aromatic heterocycles. The lowest BCUT2D eigenvalue weighted by Crippen LogP contribution is -2.43. The van der Waals surface area contributed by atoms with Gasteiger partial charge in [0.25, 0.3) is 5.91 Å². The van der Waals surface area contributed by atoms with Crippen molar-refractivity contribution in [3.63, 3.8) is 0 Å². The first-order valence-corrected chi connectivity index (χ1v) is 7.83. The number of allylic oxidation sites excluding steroid dienone is 2. The van der Waals surface area contributed by atoms with E-state index >= 15 is 0 Å². The minimum atomic E-state index is -0.698. The highest BCUT2D eigenvalue weighted by atomic mass is 127. The van der Waals surface area contributed by atoms with Gasteiger partial charge < -0.3 is 9.64 Å². The summed E-state index contributed by atoms with van der Waals surface area (Å²) >= 11 is 2.08. The van der Waals surface area contributed by atoms with Crippen LogP contribution in [0, 0.1) is 0 Å². The highest BCUT2D eigenvalue weighted by Gasteiger charge is 2.47. The number of ether oxygens (including phenoxy) is 1. The van der Waals surface area contributed by atoms with Crippen molar-refractivity contribution >= 4 is 39.9 Å². The van der Waals surface area contributed by atoms with E-state index in [0.717, 1.165) is 16.9 Å². The minimum absolute atomic E-state index is 0.0462. The topological polar surface area (TPSA) is 46.6 Å². The van der Waals surface area contributed by atoms with Gasteiger partial charge in [0.05, 0.1) is 10.7 Å². The molecule has 1 aliphatic heterocycles. The van der Waals surface area contributed by atoms with E-state index in [2.05, 4.69) is 22.6 Å². The first-order valence-electron chi connectivity index (χ1n) is 6.75. The number of nitrogens with zero attached hydrogens (tertiary/aromatic N) is 1. The fourth-order valence-electron chi connectivity index (χ4n) is 2.80. The summed E-state index contributed by atoms with van der Waals surface area (Å²) in [4.78, 5) is 25.6. The van der Waals surface area contributed by atoms with Crippen molar-refractivity contribution in [1.82, 2.24) is 4.90 Å². The zero-order valence-electron chi connectivity index (χ0n) is 12.2. The fourth-order valence-corrected chi connectivity index (χ4v) is 3.91. The van der Waals surface area contributed by atoms with Crippen LogP contribution in [0.1, 0.15) is 5.56 Å². The maximum absolute atomic E-state index is 12.5. The lowest BCUT2D eigenvalue weighted by molar-refractivity contribution is -0.125. The number of halogens is 1. The van der Waals surface area contributed by atoms with Crippen LogP contribution in [-0.4, -0.2) is 36.3 Å². The third kappa shape index (κ3) is 2.11. The molecule has 0 atom stereocenters. The summed E-state index contributed by atoms with van der Waals surface area (Å²) in [5, 5.41) is 0. The lowest BCUT2D eigenvalue weighted by atomic mass is 9.83. The molecule has 3 rings (SSSR count). The van der Waals surface area contributed by atoms with E-state index in [9.17, 15) is 9.59 Å². The van der Waals surface area contributed by atoms with Crippen LogP contribution in [0.2, 0.25) is 0 Å². The van der Waals surface area contributed by atoms with Gasteiger partial charge in [-0.15, -0.1) is 0 Å². The molecule has 0 radical (unpaired) electrons.